The highest BCUT2D eigenvalue weighted by Gasteiger charge is 2.19. The quantitative estimate of drug-likeness (QED) is 0.751. The van der Waals surface area contributed by atoms with Gasteiger partial charge in [-0.15, -0.1) is 11.6 Å². The van der Waals surface area contributed by atoms with Gasteiger partial charge in [-0.05, 0) is 25.7 Å². The number of carbonyl (C=O) groups is 1. The zero-order valence-corrected chi connectivity index (χ0v) is 9.20. The van der Waals surface area contributed by atoms with Gasteiger partial charge in [0.05, 0.1) is 0 Å². The number of amides is 1. The minimum absolute atomic E-state index is 0.0466. The van der Waals surface area contributed by atoms with Crippen molar-refractivity contribution in [2.75, 3.05) is 5.88 Å². The summed E-state index contributed by atoms with van der Waals surface area (Å²) < 4.78 is 0. The average molecular weight is 255 g/mol. The van der Waals surface area contributed by atoms with Crippen molar-refractivity contribution in [1.29, 1.82) is 0 Å². The van der Waals surface area contributed by atoms with E-state index < -0.39 is 0 Å². The summed E-state index contributed by atoms with van der Waals surface area (Å²) in [7, 11) is 0. The van der Waals surface area contributed by atoms with E-state index in [1.807, 2.05) is 0 Å². The Labute approximate surface area is 86.2 Å². The molecule has 0 aromatic rings. The van der Waals surface area contributed by atoms with Gasteiger partial charge in [0.25, 0.3) is 0 Å². The third-order valence-corrected chi connectivity index (χ3v) is 3.30. The highest BCUT2D eigenvalue weighted by Crippen LogP contribution is 2.23. The molecule has 1 fully saturated rings. The minimum atomic E-state index is -0.0466. The molecule has 1 aliphatic carbocycles. The van der Waals surface area contributed by atoms with Crippen LogP contribution in [0.3, 0.4) is 0 Å². The maximum atomic E-state index is 10.9. The smallest absolute Gasteiger partial charge is 0.235 e. The number of rotatable bonds is 2. The van der Waals surface area contributed by atoms with E-state index in [2.05, 4.69) is 21.2 Å². The molecule has 1 amide bonds. The Morgan fingerprint density at radius 2 is 2.00 bits per heavy atom. The number of alkyl halides is 2. The summed E-state index contributed by atoms with van der Waals surface area (Å²) in [5.41, 5.74) is 0. The largest absolute Gasteiger partial charge is 0.352 e. The molecule has 12 heavy (non-hydrogen) atoms. The molecule has 0 aliphatic heterocycles. The number of halogens is 2. The average Bonchev–Trinajstić information content (AvgIpc) is 2.09. The van der Waals surface area contributed by atoms with Crippen molar-refractivity contribution in [3.63, 3.8) is 0 Å². The Hall–Kier alpha value is 0.240. The van der Waals surface area contributed by atoms with Gasteiger partial charge in [0, 0.05) is 10.9 Å². The van der Waals surface area contributed by atoms with Crippen LogP contribution in [0.4, 0.5) is 0 Å². The normalized spacial score (nSPS) is 29.8. The Bertz CT molecular complexity index is 157. The maximum absolute atomic E-state index is 10.9. The summed E-state index contributed by atoms with van der Waals surface area (Å²) >= 11 is 8.94. The zero-order valence-electron chi connectivity index (χ0n) is 6.85. The first-order valence-electron chi connectivity index (χ1n) is 4.21. The van der Waals surface area contributed by atoms with Gasteiger partial charge in [0.2, 0.25) is 5.91 Å². The van der Waals surface area contributed by atoms with Crippen LogP contribution in [0.25, 0.3) is 0 Å². The Balaban J connectivity index is 2.21. The number of nitrogens with one attached hydrogen (secondary N) is 1. The van der Waals surface area contributed by atoms with Crippen molar-refractivity contribution < 1.29 is 4.79 Å². The SMILES string of the molecule is O=C(CCl)NC1CCC(Br)CC1. The molecule has 0 bridgehead atoms. The molecule has 0 radical (unpaired) electrons. The van der Waals surface area contributed by atoms with Gasteiger partial charge in [-0.2, -0.15) is 0 Å². The van der Waals surface area contributed by atoms with Crippen LogP contribution in [0.15, 0.2) is 0 Å². The summed E-state index contributed by atoms with van der Waals surface area (Å²) in [5, 5.41) is 2.90. The van der Waals surface area contributed by atoms with Crippen LogP contribution in [0.5, 0.6) is 0 Å². The molecule has 1 saturated carbocycles. The fourth-order valence-electron chi connectivity index (χ4n) is 1.46. The Kier molecular flexibility index (Phi) is 4.36. The van der Waals surface area contributed by atoms with Crippen LogP contribution in [-0.4, -0.2) is 22.7 Å². The number of hydrogen-bond donors (Lipinski definition) is 1. The van der Waals surface area contributed by atoms with Gasteiger partial charge in [0.15, 0.2) is 0 Å². The van der Waals surface area contributed by atoms with E-state index >= 15 is 0 Å². The van der Waals surface area contributed by atoms with Gasteiger partial charge in [-0.1, -0.05) is 15.9 Å². The van der Waals surface area contributed by atoms with E-state index in [0.717, 1.165) is 25.7 Å². The highest BCUT2D eigenvalue weighted by atomic mass is 79.9. The molecular weight excluding hydrogens is 241 g/mol. The summed E-state index contributed by atoms with van der Waals surface area (Å²) in [6, 6.07) is 0.352. The van der Waals surface area contributed by atoms with E-state index in [9.17, 15) is 4.79 Å². The lowest BCUT2D eigenvalue weighted by molar-refractivity contribution is -0.119. The van der Waals surface area contributed by atoms with Gasteiger partial charge < -0.3 is 5.32 Å². The first-order valence-corrected chi connectivity index (χ1v) is 5.67. The molecule has 1 N–H and O–H groups in total. The first-order chi connectivity index (χ1) is 5.72. The second-order valence-corrected chi connectivity index (χ2v) is 4.71. The molecule has 0 atom stereocenters. The standard InChI is InChI=1S/C8H13BrClNO/c9-6-1-3-7(4-2-6)11-8(12)5-10/h6-7H,1-5H2,(H,11,12). The van der Waals surface area contributed by atoms with Gasteiger partial charge in [0.1, 0.15) is 5.88 Å². The maximum Gasteiger partial charge on any atom is 0.235 e. The van der Waals surface area contributed by atoms with Gasteiger partial charge in [-0.25, -0.2) is 0 Å². The minimum Gasteiger partial charge on any atom is -0.352 e. The molecule has 70 valence electrons. The fraction of sp³-hybridized carbons (Fsp3) is 0.875. The number of carbonyl (C=O) groups excluding carboxylic acids is 1. The summed E-state index contributed by atoms with van der Waals surface area (Å²) in [4.78, 5) is 11.5. The molecule has 0 saturated heterocycles. The molecule has 1 rings (SSSR count). The number of hydrogen-bond acceptors (Lipinski definition) is 1. The van der Waals surface area contributed by atoms with Crippen LogP contribution in [0, 0.1) is 0 Å². The third kappa shape index (κ3) is 3.31. The molecule has 2 nitrogen and oxygen atoms in total. The lowest BCUT2D eigenvalue weighted by Crippen LogP contribution is -2.38. The van der Waals surface area contributed by atoms with Crippen LogP contribution >= 0.6 is 27.5 Å². The van der Waals surface area contributed by atoms with Crippen LogP contribution in [0.2, 0.25) is 0 Å². The van der Waals surface area contributed by atoms with Crippen LogP contribution in [0.1, 0.15) is 25.7 Å². The van der Waals surface area contributed by atoms with Gasteiger partial charge in [-0.3, -0.25) is 4.79 Å². The van der Waals surface area contributed by atoms with Crippen molar-refractivity contribution in [3.05, 3.63) is 0 Å². The Morgan fingerprint density at radius 3 is 2.50 bits per heavy atom. The predicted molar refractivity (Wildman–Crippen MR) is 53.8 cm³/mol. The monoisotopic (exact) mass is 253 g/mol. The second-order valence-electron chi connectivity index (χ2n) is 3.15. The molecular formula is C8H13BrClNO. The van der Waals surface area contributed by atoms with Crippen LogP contribution < -0.4 is 5.32 Å². The van der Waals surface area contributed by atoms with Gasteiger partial charge >= 0.3 is 0 Å². The molecule has 4 heteroatoms. The highest BCUT2D eigenvalue weighted by molar-refractivity contribution is 9.09. The lowest BCUT2D eigenvalue weighted by atomic mass is 9.95. The zero-order chi connectivity index (χ0) is 8.97. The summed E-state index contributed by atoms with van der Waals surface area (Å²) in [6.45, 7) is 0. The molecule has 0 aromatic heterocycles. The first kappa shape index (κ1) is 10.3. The van der Waals surface area contributed by atoms with E-state index in [1.165, 1.54) is 0 Å². The van der Waals surface area contributed by atoms with Crippen molar-refractivity contribution in [2.24, 2.45) is 0 Å². The van der Waals surface area contributed by atoms with Crippen molar-refractivity contribution >= 4 is 33.4 Å². The van der Waals surface area contributed by atoms with E-state index in [1.54, 1.807) is 0 Å². The Morgan fingerprint density at radius 1 is 1.42 bits per heavy atom. The summed E-state index contributed by atoms with van der Waals surface area (Å²) in [6.07, 6.45) is 4.43. The van der Waals surface area contributed by atoms with E-state index in [0.29, 0.717) is 10.9 Å². The predicted octanol–water partition coefficient (Wildman–Crippen LogP) is 2.05. The fourth-order valence-corrected chi connectivity index (χ4v) is 2.07. The molecule has 0 unspecified atom stereocenters. The molecule has 0 heterocycles. The van der Waals surface area contributed by atoms with Crippen molar-refractivity contribution in [3.8, 4) is 0 Å². The van der Waals surface area contributed by atoms with Crippen molar-refractivity contribution in [2.45, 2.75) is 36.6 Å². The van der Waals surface area contributed by atoms with E-state index in [4.69, 9.17) is 11.6 Å². The van der Waals surface area contributed by atoms with Crippen molar-refractivity contribution in [1.82, 2.24) is 5.32 Å². The molecule has 0 aromatic carbocycles. The topological polar surface area (TPSA) is 29.1 Å². The summed E-state index contributed by atoms with van der Waals surface area (Å²) in [5.74, 6) is 0.0310. The molecule has 0 spiro atoms. The van der Waals surface area contributed by atoms with E-state index in [-0.39, 0.29) is 11.8 Å². The van der Waals surface area contributed by atoms with Crippen LogP contribution in [-0.2, 0) is 4.79 Å². The third-order valence-electron chi connectivity index (χ3n) is 2.14. The molecule has 1 aliphatic rings. The lowest BCUT2D eigenvalue weighted by Gasteiger charge is -2.25. The second kappa shape index (κ2) is 5.07.